The highest BCUT2D eigenvalue weighted by Crippen LogP contribution is 2.30. The number of nitrogens with one attached hydrogen (secondary N) is 1. The topological polar surface area (TPSA) is 58.6 Å². The number of amides is 2. The van der Waals surface area contributed by atoms with Crippen molar-refractivity contribution >= 4 is 12.0 Å². The van der Waals surface area contributed by atoms with Gasteiger partial charge in [0.15, 0.2) is 0 Å². The van der Waals surface area contributed by atoms with E-state index in [1.165, 1.54) is 0 Å². The first-order valence-electron chi connectivity index (χ1n) is 8.20. The Hall–Kier alpha value is -2.04. The minimum absolute atomic E-state index is 0.0969. The number of likely N-dealkylation sites (tertiary alicyclic amines) is 1. The molecule has 5 nitrogen and oxygen atoms in total. The van der Waals surface area contributed by atoms with Crippen LogP contribution in [0.25, 0.3) is 0 Å². The molecule has 1 unspecified atom stereocenters. The summed E-state index contributed by atoms with van der Waals surface area (Å²) >= 11 is 0. The Morgan fingerprint density at radius 1 is 1.30 bits per heavy atom. The van der Waals surface area contributed by atoms with E-state index in [2.05, 4.69) is 5.32 Å². The molecule has 1 fully saturated rings. The Kier molecular flexibility index (Phi) is 5.64. The van der Waals surface area contributed by atoms with Crippen LogP contribution in [-0.2, 0) is 16.1 Å². The molecule has 0 bridgehead atoms. The van der Waals surface area contributed by atoms with Gasteiger partial charge in [-0.05, 0) is 31.2 Å². The van der Waals surface area contributed by atoms with Crippen LogP contribution in [0.4, 0.5) is 4.79 Å². The van der Waals surface area contributed by atoms with Crippen LogP contribution in [0.15, 0.2) is 30.3 Å². The van der Waals surface area contributed by atoms with Crippen LogP contribution in [0.3, 0.4) is 0 Å². The fourth-order valence-electron chi connectivity index (χ4n) is 2.78. The third kappa shape index (κ3) is 4.24. The molecular weight excluding hydrogens is 292 g/mol. The second-order valence-electron chi connectivity index (χ2n) is 6.67. The molecule has 1 aliphatic rings. The maximum absolute atomic E-state index is 12.5. The molecule has 2 amide bonds. The van der Waals surface area contributed by atoms with E-state index in [9.17, 15) is 9.59 Å². The van der Waals surface area contributed by atoms with E-state index >= 15 is 0 Å². The van der Waals surface area contributed by atoms with Crippen LogP contribution in [0, 0.1) is 5.92 Å². The largest absolute Gasteiger partial charge is 0.445 e. The summed E-state index contributed by atoms with van der Waals surface area (Å²) in [6.45, 7) is 7.30. The summed E-state index contributed by atoms with van der Waals surface area (Å²) in [4.78, 5) is 26.5. The predicted molar refractivity (Wildman–Crippen MR) is 88.8 cm³/mol. The van der Waals surface area contributed by atoms with E-state index < -0.39 is 11.6 Å². The highest BCUT2D eigenvalue weighted by Gasteiger charge is 2.46. The van der Waals surface area contributed by atoms with Gasteiger partial charge in [0, 0.05) is 13.1 Å². The lowest BCUT2D eigenvalue weighted by atomic mass is 9.97. The van der Waals surface area contributed by atoms with Crippen molar-refractivity contribution in [3.05, 3.63) is 35.9 Å². The summed E-state index contributed by atoms with van der Waals surface area (Å²) in [6, 6.07) is 9.55. The molecule has 126 valence electrons. The number of hydrogen-bond acceptors (Lipinski definition) is 3. The van der Waals surface area contributed by atoms with Crippen LogP contribution in [0.5, 0.6) is 0 Å². The van der Waals surface area contributed by atoms with Gasteiger partial charge in [-0.15, -0.1) is 0 Å². The molecule has 0 spiro atoms. The third-order valence-corrected chi connectivity index (χ3v) is 4.23. The molecule has 0 saturated carbocycles. The smallest absolute Gasteiger partial charge is 0.410 e. The summed E-state index contributed by atoms with van der Waals surface area (Å²) in [6.07, 6.45) is 1.05. The van der Waals surface area contributed by atoms with Gasteiger partial charge in [0.05, 0.1) is 0 Å². The summed E-state index contributed by atoms with van der Waals surface area (Å²) in [5.41, 5.74) is 0.119. The summed E-state index contributed by atoms with van der Waals surface area (Å²) in [5, 5.41) is 2.93. The summed E-state index contributed by atoms with van der Waals surface area (Å²) in [5.74, 6) is 0.280. The fraction of sp³-hybridized carbons (Fsp3) is 0.556. The first kappa shape index (κ1) is 17.3. The van der Waals surface area contributed by atoms with E-state index in [-0.39, 0.29) is 12.5 Å². The van der Waals surface area contributed by atoms with Crippen LogP contribution < -0.4 is 5.32 Å². The SMILES string of the molecule is CC(C)CNC(=O)C1(C)CCCN1C(=O)OCc1ccccc1. The van der Waals surface area contributed by atoms with Gasteiger partial charge in [0.1, 0.15) is 12.1 Å². The van der Waals surface area contributed by atoms with Gasteiger partial charge in [-0.1, -0.05) is 44.2 Å². The molecule has 0 radical (unpaired) electrons. The zero-order valence-corrected chi connectivity index (χ0v) is 14.2. The molecule has 1 aliphatic heterocycles. The average Bonchev–Trinajstić information content (AvgIpc) is 2.94. The summed E-state index contributed by atoms with van der Waals surface area (Å²) in [7, 11) is 0. The molecule has 2 rings (SSSR count). The number of rotatable bonds is 5. The second kappa shape index (κ2) is 7.49. The highest BCUT2D eigenvalue weighted by molar-refractivity contribution is 5.90. The van der Waals surface area contributed by atoms with Crippen molar-refractivity contribution in [1.29, 1.82) is 0 Å². The van der Waals surface area contributed by atoms with Crippen LogP contribution in [0.2, 0.25) is 0 Å². The molecule has 1 aromatic carbocycles. The fourth-order valence-corrected chi connectivity index (χ4v) is 2.78. The minimum atomic E-state index is -0.817. The van der Waals surface area contributed by atoms with E-state index in [0.717, 1.165) is 12.0 Å². The first-order valence-corrected chi connectivity index (χ1v) is 8.20. The van der Waals surface area contributed by atoms with Crippen LogP contribution >= 0.6 is 0 Å². The van der Waals surface area contributed by atoms with E-state index in [0.29, 0.717) is 25.4 Å². The van der Waals surface area contributed by atoms with Crippen molar-refractivity contribution in [2.75, 3.05) is 13.1 Å². The maximum Gasteiger partial charge on any atom is 0.410 e. The van der Waals surface area contributed by atoms with E-state index in [4.69, 9.17) is 4.74 Å². The average molecular weight is 318 g/mol. The normalized spacial score (nSPS) is 20.6. The number of carbonyl (C=O) groups is 2. The van der Waals surface area contributed by atoms with Crippen molar-refractivity contribution in [1.82, 2.24) is 10.2 Å². The van der Waals surface area contributed by atoms with Gasteiger partial charge in [-0.3, -0.25) is 9.69 Å². The molecule has 1 atom stereocenters. The lowest BCUT2D eigenvalue weighted by molar-refractivity contribution is -0.130. The van der Waals surface area contributed by atoms with Gasteiger partial charge in [0.2, 0.25) is 5.91 Å². The number of carbonyl (C=O) groups excluding carboxylic acids is 2. The standard InChI is InChI=1S/C18H26N2O3/c1-14(2)12-19-16(21)18(3)10-7-11-20(18)17(22)23-13-15-8-5-4-6-9-15/h4-6,8-9,14H,7,10-13H2,1-3H3,(H,19,21). The number of ether oxygens (including phenoxy) is 1. The molecule has 23 heavy (non-hydrogen) atoms. The highest BCUT2D eigenvalue weighted by atomic mass is 16.6. The minimum Gasteiger partial charge on any atom is -0.445 e. The molecule has 0 aromatic heterocycles. The van der Waals surface area contributed by atoms with E-state index in [1.807, 2.05) is 51.1 Å². The van der Waals surface area contributed by atoms with Crippen LogP contribution in [0.1, 0.15) is 39.2 Å². The van der Waals surface area contributed by atoms with E-state index in [1.54, 1.807) is 4.90 Å². The van der Waals surface area contributed by atoms with Gasteiger partial charge in [-0.2, -0.15) is 0 Å². The molecule has 1 N–H and O–H groups in total. The maximum atomic E-state index is 12.5. The molecule has 5 heteroatoms. The zero-order chi connectivity index (χ0) is 16.9. The lowest BCUT2D eigenvalue weighted by Gasteiger charge is -2.33. The van der Waals surface area contributed by atoms with Crippen molar-refractivity contribution < 1.29 is 14.3 Å². The number of nitrogens with zero attached hydrogens (tertiary/aromatic N) is 1. The monoisotopic (exact) mass is 318 g/mol. The number of hydrogen-bond donors (Lipinski definition) is 1. The van der Waals surface area contributed by atoms with Crippen LogP contribution in [-0.4, -0.2) is 35.5 Å². The Morgan fingerprint density at radius 2 is 2.00 bits per heavy atom. The van der Waals surface area contributed by atoms with Gasteiger partial charge >= 0.3 is 6.09 Å². The quantitative estimate of drug-likeness (QED) is 0.908. The van der Waals surface area contributed by atoms with Crippen molar-refractivity contribution in [3.63, 3.8) is 0 Å². The molecule has 0 aliphatic carbocycles. The van der Waals surface area contributed by atoms with Gasteiger partial charge < -0.3 is 10.1 Å². The Labute approximate surface area is 138 Å². The Balaban J connectivity index is 1.96. The third-order valence-electron chi connectivity index (χ3n) is 4.23. The Bertz CT molecular complexity index is 544. The van der Waals surface area contributed by atoms with Crippen molar-refractivity contribution in [2.45, 2.75) is 45.8 Å². The lowest BCUT2D eigenvalue weighted by Crippen LogP contribution is -2.55. The Morgan fingerprint density at radius 3 is 2.65 bits per heavy atom. The van der Waals surface area contributed by atoms with Crippen molar-refractivity contribution in [3.8, 4) is 0 Å². The summed E-state index contributed by atoms with van der Waals surface area (Å²) < 4.78 is 5.39. The van der Waals surface area contributed by atoms with Gasteiger partial charge in [0.25, 0.3) is 0 Å². The number of benzene rings is 1. The predicted octanol–water partition coefficient (Wildman–Crippen LogP) is 2.95. The second-order valence-corrected chi connectivity index (χ2v) is 6.67. The van der Waals surface area contributed by atoms with Gasteiger partial charge in [-0.25, -0.2) is 4.79 Å². The first-order chi connectivity index (χ1) is 10.9. The molecule has 1 saturated heterocycles. The zero-order valence-electron chi connectivity index (χ0n) is 14.2. The molecule has 1 aromatic rings. The van der Waals surface area contributed by atoms with Crippen molar-refractivity contribution in [2.24, 2.45) is 5.92 Å². The molecular formula is C18H26N2O3. The molecule has 1 heterocycles.